The predicted octanol–water partition coefficient (Wildman–Crippen LogP) is 6.58. The van der Waals surface area contributed by atoms with Crippen LogP contribution in [0.2, 0.25) is 5.02 Å². The molecule has 0 bridgehead atoms. The van der Waals surface area contributed by atoms with Crippen molar-refractivity contribution in [3.05, 3.63) is 114 Å². The van der Waals surface area contributed by atoms with Crippen molar-refractivity contribution in [3.8, 4) is 17.1 Å². The lowest BCUT2D eigenvalue weighted by Gasteiger charge is -2.10. The number of carbonyl (C=O) groups is 1. The van der Waals surface area contributed by atoms with Crippen molar-refractivity contribution in [2.75, 3.05) is 11.1 Å². The lowest BCUT2D eigenvalue weighted by atomic mass is 10.1. The van der Waals surface area contributed by atoms with E-state index in [0.29, 0.717) is 16.4 Å². The Morgan fingerprint density at radius 2 is 1.68 bits per heavy atom. The van der Waals surface area contributed by atoms with Crippen LogP contribution in [0.4, 0.5) is 11.4 Å². The molecular weight excluding hydrogens is 444 g/mol. The molecule has 3 N–H and O–H groups in total. The van der Waals surface area contributed by atoms with Crippen molar-refractivity contribution in [2.24, 2.45) is 0 Å². The van der Waals surface area contributed by atoms with Gasteiger partial charge in [0.1, 0.15) is 5.82 Å². The first kappa shape index (κ1) is 21.5. The number of imidazole rings is 1. The van der Waals surface area contributed by atoms with E-state index in [2.05, 4.69) is 9.88 Å². The molecule has 0 aliphatic rings. The number of halogens is 1. The second-order valence-corrected chi connectivity index (χ2v) is 8.21. The third-order valence-electron chi connectivity index (χ3n) is 5.44. The molecule has 5 rings (SSSR count). The lowest BCUT2D eigenvalue weighted by Crippen LogP contribution is -2.09. The number of benzene rings is 4. The first-order valence-electron chi connectivity index (χ1n) is 10.8. The number of amides is 1. The van der Waals surface area contributed by atoms with Crippen molar-refractivity contribution in [1.29, 1.82) is 0 Å². The number of hydrogen-bond donors (Lipinski definition) is 2. The summed E-state index contributed by atoms with van der Waals surface area (Å²) in [7, 11) is 0. The van der Waals surface area contributed by atoms with E-state index >= 15 is 0 Å². The highest BCUT2D eigenvalue weighted by Gasteiger charge is 2.14. The zero-order valence-electron chi connectivity index (χ0n) is 18.2. The van der Waals surface area contributed by atoms with Crippen LogP contribution in [-0.4, -0.2) is 15.5 Å². The van der Waals surface area contributed by atoms with E-state index in [1.807, 2.05) is 84.9 Å². The maximum absolute atomic E-state index is 12.4. The number of anilines is 2. The number of hydrogen-bond acceptors (Lipinski definition) is 3. The monoisotopic (exact) mass is 464 g/mol. The van der Waals surface area contributed by atoms with Gasteiger partial charge in [-0.25, -0.2) is 4.98 Å². The summed E-state index contributed by atoms with van der Waals surface area (Å²) in [6.45, 7) is 0. The van der Waals surface area contributed by atoms with Crippen LogP contribution >= 0.6 is 11.6 Å². The molecule has 0 aliphatic carbocycles. The predicted molar refractivity (Wildman–Crippen MR) is 140 cm³/mol. The Morgan fingerprint density at radius 1 is 0.912 bits per heavy atom. The van der Waals surface area contributed by atoms with Crippen molar-refractivity contribution in [3.63, 3.8) is 0 Å². The van der Waals surface area contributed by atoms with Crippen LogP contribution in [0.1, 0.15) is 5.56 Å². The Bertz CT molecular complexity index is 1520. The minimum Gasteiger partial charge on any atom is -0.397 e. The smallest absolute Gasteiger partial charge is 0.248 e. The summed E-state index contributed by atoms with van der Waals surface area (Å²) >= 11 is 6.12. The second kappa shape index (κ2) is 9.25. The van der Waals surface area contributed by atoms with Crippen LogP contribution in [0.3, 0.4) is 0 Å². The fraction of sp³-hybridized carbons (Fsp3) is 0. The number of nitrogen functional groups attached to an aromatic ring is 1. The van der Waals surface area contributed by atoms with Gasteiger partial charge in [-0.3, -0.25) is 9.36 Å². The van der Waals surface area contributed by atoms with Gasteiger partial charge in [0.05, 0.1) is 22.4 Å². The van der Waals surface area contributed by atoms with Crippen molar-refractivity contribution in [2.45, 2.75) is 0 Å². The normalized spacial score (nSPS) is 11.2. The molecule has 1 heterocycles. The fourth-order valence-corrected chi connectivity index (χ4v) is 3.94. The summed E-state index contributed by atoms with van der Waals surface area (Å²) < 4.78 is 2.11. The highest BCUT2D eigenvalue weighted by atomic mass is 35.5. The van der Waals surface area contributed by atoms with Gasteiger partial charge in [0.25, 0.3) is 0 Å². The molecular formula is C28H21ClN4O. The Morgan fingerprint density at radius 3 is 2.50 bits per heavy atom. The molecule has 0 radical (unpaired) electrons. The average Bonchev–Trinajstić information content (AvgIpc) is 3.25. The summed E-state index contributed by atoms with van der Waals surface area (Å²) in [6.07, 6.45) is 3.26. The highest BCUT2D eigenvalue weighted by Crippen LogP contribution is 2.30. The molecule has 34 heavy (non-hydrogen) atoms. The van der Waals surface area contributed by atoms with E-state index in [1.165, 1.54) is 6.08 Å². The number of nitrogens with one attached hydrogen (secondary N) is 1. The zero-order chi connectivity index (χ0) is 23.5. The van der Waals surface area contributed by atoms with E-state index < -0.39 is 0 Å². The second-order valence-electron chi connectivity index (χ2n) is 7.77. The molecule has 0 spiro atoms. The van der Waals surface area contributed by atoms with Gasteiger partial charge in [-0.2, -0.15) is 0 Å². The number of aromatic nitrogens is 2. The summed E-state index contributed by atoms with van der Waals surface area (Å²) in [6, 6.07) is 30.8. The Hall–Kier alpha value is -4.35. The van der Waals surface area contributed by atoms with Crippen LogP contribution in [0.15, 0.2) is 103 Å². The molecule has 0 fully saturated rings. The number of para-hydroxylation sites is 4. The zero-order valence-corrected chi connectivity index (χ0v) is 18.9. The molecule has 0 saturated heterocycles. The van der Waals surface area contributed by atoms with Crippen molar-refractivity contribution in [1.82, 2.24) is 9.55 Å². The van der Waals surface area contributed by atoms with Crippen molar-refractivity contribution >= 4 is 46.0 Å². The molecule has 1 amide bonds. The number of nitrogens with two attached hydrogens (primary N) is 1. The van der Waals surface area contributed by atoms with Crippen LogP contribution < -0.4 is 11.1 Å². The number of carbonyl (C=O) groups excluding carboxylic acids is 1. The third-order valence-corrected chi connectivity index (χ3v) is 5.69. The van der Waals surface area contributed by atoms with E-state index in [0.717, 1.165) is 33.7 Å². The van der Waals surface area contributed by atoms with E-state index in [9.17, 15) is 4.79 Å². The fourth-order valence-electron chi connectivity index (χ4n) is 3.81. The Labute approximate surface area is 202 Å². The summed E-state index contributed by atoms with van der Waals surface area (Å²) in [5, 5.41) is 3.48. The lowest BCUT2D eigenvalue weighted by molar-refractivity contribution is -0.111. The summed E-state index contributed by atoms with van der Waals surface area (Å²) in [5.74, 6) is 0.553. The number of fused-ring (bicyclic) bond motifs is 1. The highest BCUT2D eigenvalue weighted by molar-refractivity contribution is 6.30. The van der Waals surface area contributed by atoms with Crippen LogP contribution in [0.5, 0.6) is 0 Å². The Kier molecular flexibility index (Phi) is 5.85. The first-order chi connectivity index (χ1) is 16.6. The van der Waals surface area contributed by atoms with Crippen molar-refractivity contribution < 1.29 is 4.79 Å². The van der Waals surface area contributed by atoms with Gasteiger partial charge in [0.2, 0.25) is 5.91 Å². The maximum atomic E-state index is 12.4. The number of nitrogens with zero attached hydrogens (tertiary/aromatic N) is 2. The molecule has 0 aliphatic heterocycles. The van der Waals surface area contributed by atoms with Gasteiger partial charge in [0.15, 0.2) is 0 Å². The topological polar surface area (TPSA) is 72.9 Å². The van der Waals surface area contributed by atoms with Crippen LogP contribution in [0.25, 0.3) is 34.2 Å². The van der Waals surface area contributed by atoms with E-state index in [1.54, 1.807) is 18.2 Å². The molecule has 166 valence electrons. The molecule has 0 atom stereocenters. The minimum atomic E-state index is -0.253. The molecule has 6 heteroatoms. The van der Waals surface area contributed by atoms with Gasteiger partial charge in [0, 0.05) is 22.3 Å². The van der Waals surface area contributed by atoms with Crippen LogP contribution in [0, 0.1) is 0 Å². The molecule has 0 saturated carbocycles. The maximum Gasteiger partial charge on any atom is 0.248 e. The molecule has 0 unspecified atom stereocenters. The van der Waals surface area contributed by atoms with E-state index in [4.69, 9.17) is 22.3 Å². The Balaban J connectivity index is 1.49. The van der Waals surface area contributed by atoms with E-state index in [-0.39, 0.29) is 5.91 Å². The summed E-state index contributed by atoms with van der Waals surface area (Å²) in [4.78, 5) is 17.3. The standard InChI is InChI=1S/C28H21ClN4O/c29-21-13-15-22(16-14-21)33-26-11-4-3-10-25(26)32-28(33)20-7-5-6-19(18-20)12-17-27(34)31-24-9-2-1-8-23(24)30/h1-18H,30H2,(H,31,34)/b17-12-. The van der Waals surface area contributed by atoms with Gasteiger partial charge in [-0.05, 0) is 66.2 Å². The van der Waals surface area contributed by atoms with Gasteiger partial charge in [-0.1, -0.05) is 54.1 Å². The van der Waals surface area contributed by atoms with Gasteiger partial charge < -0.3 is 11.1 Å². The molecule has 4 aromatic carbocycles. The summed E-state index contributed by atoms with van der Waals surface area (Å²) in [5.41, 5.74) is 11.7. The molecule has 1 aromatic heterocycles. The molecule has 5 nitrogen and oxygen atoms in total. The van der Waals surface area contributed by atoms with Gasteiger partial charge in [-0.15, -0.1) is 0 Å². The molecule has 5 aromatic rings. The first-order valence-corrected chi connectivity index (χ1v) is 11.1. The minimum absolute atomic E-state index is 0.253. The number of rotatable bonds is 5. The van der Waals surface area contributed by atoms with Crippen LogP contribution in [-0.2, 0) is 4.79 Å². The largest absolute Gasteiger partial charge is 0.397 e. The average molecular weight is 465 g/mol. The van der Waals surface area contributed by atoms with Gasteiger partial charge >= 0.3 is 0 Å². The third kappa shape index (κ3) is 4.42. The quantitative estimate of drug-likeness (QED) is 0.228. The SMILES string of the molecule is Nc1ccccc1NC(=O)/C=C\c1cccc(-c2nc3ccccc3n2-c2ccc(Cl)cc2)c1.